The van der Waals surface area contributed by atoms with Gasteiger partial charge < -0.3 is 11.1 Å². The van der Waals surface area contributed by atoms with Gasteiger partial charge in [-0.15, -0.1) is 0 Å². The fourth-order valence-corrected chi connectivity index (χ4v) is 2.55. The van der Waals surface area contributed by atoms with Gasteiger partial charge in [-0.1, -0.05) is 26.0 Å². The van der Waals surface area contributed by atoms with E-state index in [1.165, 1.54) is 29.7 Å². The Balaban J connectivity index is 2.11. The minimum atomic E-state index is 0.601. The molecule has 0 amide bonds. The Morgan fingerprint density at radius 3 is 2.88 bits per heavy atom. The molecule has 0 saturated heterocycles. The van der Waals surface area contributed by atoms with Gasteiger partial charge in [-0.3, -0.25) is 0 Å². The van der Waals surface area contributed by atoms with E-state index in [-0.39, 0.29) is 0 Å². The highest BCUT2D eigenvalue weighted by atomic mass is 14.9. The second-order valence-corrected chi connectivity index (χ2v) is 5.47. The zero-order valence-corrected chi connectivity index (χ0v) is 11.0. The van der Waals surface area contributed by atoms with Crippen LogP contribution >= 0.6 is 0 Å². The number of rotatable bonds is 4. The van der Waals surface area contributed by atoms with Gasteiger partial charge in [0.15, 0.2) is 0 Å². The van der Waals surface area contributed by atoms with Gasteiger partial charge in [-0.05, 0) is 54.8 Å². The summed E-state index contributed by atoms with van der Waals surface area (Å²) in [5, 5.41) is 3.46. The molecule has 3 N–H and O–H groups in total. The number of anilines is 1. The smallest absolute Gasteiger partial charge is 0.0372 e. The summed E-state index contributed by atoms with van der Waals surface area (Å²) in [6, 6.07) is 6.85. The molecular weight excluding hydrogens is 208 g/mol. The topological polar surface area (TPSA) is 38.0 Å². The van der Waals surface area contributed by atoms with Crippen LogP contribution in [0.2, 0.25) is 0 Å². The molecule has 1 aromatic carbocycles. The van der Waals surface area contributed by atoms with E-state index in [0.717, 1.165) is 19.5 Å². The number of nitrogens with two attached hydrogens (primary N) is 1. The fourth-order valence-electron chi connectivity index (χ4n) is 2.55. The van der Waals surface area contributed by atoms with Crippen LogP contribution in [-0.4, -0.2) is 13.1 Å². The molecule has 0 bridgehead atoms. The Morgan fingerprint density at radius 2 is 2.18 bits per heavy atom. The molecule has 94 valence electrons. The maximum absolute atomic E-state index is 5.85. The Labute approximate surface area is 105 Å². The fraction of sp³-hybridized carbons (Fsp3) is 0.600. The van der Waals surface area contributed by atoms with Crippen molar-refractivity contribution >= 4 is 5.69 Å². The zero-order chi connectivity index (χ0) is 12.3. The van der Waals surface area contributed by atoms with E-state index in [2.05, 4.69) is 37.4 Å². The van der Waals surface area contributed by atoms with Gasteiger partial charge in [0, 0.05) is 12.2 Å². The Morgan fingerprint density at radius 1 is 1.35 bits per heavy atom. The van der Waals surface area contributed by atoms with Gasteiger partial charge >= 0.3 is 0 Å². The molecule has 2 rings (SSSR count). The predicted molar refractivity (Wildman–Crippen MR) is 74.3 cm³/mol. The first kappa shape index (κ1) is 12.4. The lowest BCUT2D eigenvalue weighted by atomic mass is 9.88. The van der Waals surface area contributed by atoms with Gasteiger partial charge in [0.25, 0.3) is 0 Å². The summed E-state index contributed by atoms with van der Waals surface area (Å²) in [6.45, 7) is 6.42. The highest BCUT2D eigenvalue weighted by Crippen LogP contribution is 2.25. The summed E-state index contributed by atoms with van der Waals surface area (Å²) in [4.78, 5) is 0. The van der Waals surface area contributed by atoms with Crippen molar-refractivity contribution in [3.63, 3.8) is 0 Å². The quantitative estimate of drug-likeness (QED) is 0.837. The molecule has 0 fully saturated rings. The van der Waals surface area contributed by atoms with Crippen LogP contribution in [0.4, 0.5) is 5.69 Å². The minimum Gasteiger partial charge on any atom is -0.385 e. The minimum absolute atomic E-state index is 0.601. The standard InChI is InChI=1S/C15H24N2/c1-11(2)14(10-16)9-12-5-6-15-13(8-12)4-3-7-17-15/h5-6,8,11,14,17H,3-4,7,9-10,16H2,1-2H3. The number of nitrogens with one attached hydrogen (secondary N) is 1. The van der Waals surface area contributed by atoms with E-state index in [4.69, 9.17) is 5.73 Å². The van der Waals surface area contributed by atoms with Crippen molar-refractivity contribution in [3.8, 4) is 0 Å². The van der Waals surface area contributed by atoms with Crippen LogP contribution in [0.1, 0.15) is 31.4 Å². The third-order valence-electron chi connectivity index (χ3n) is 3.85. The Bertz CT molecular complexity index is 371. The van der Waals surface area contributed by atoms with E-state index in [0.29, 0.717) is 11.8 Å². The highest BCUT2D eigenvalue weighted by molar-refractivity contribution is 5.54. The molecule has 1 atom stereocenters. The van der Waals surface area contributed by atoms with Crippen LogP contribution in [-0.2, 0) is 12.8 Å². The second kappa shape index (κ2) is 5.54. The van der Waals surface area contributed by atoms with Crippen LogP contribution in [0.3, 0.4) is 0 Å². The normalized spacial score (nSPS) is 16.5. The number of benzene rings is 1. The lowest BCUT2D eigenvalue weighted by molar-refractivity contribution is 0.392. The van der Waals surface area contributed by atoms with E-state index in [1.807, 2.05) is 0 Å². The van der Waals surface area contributed by atoms with Gasteiger partial charge in [-0.2, -0.15) is 0 Å². The van der Waals surface area contributed by atoms with Crippen molar-refractivity contribution in [2.24, 2.45) is 17.6 Å². The molecule has 1 heterocycles. The predicted octanol–water partition coefficient (Wildman–Crippen LogP) is 2.82. The Kier molecular flexibility index (Phi) is 4.06. The van der Waals surface area contributed by atoms with Crippen LogP contribution < -0.4 is 11.1 Å². The number of aryl methyl sites for hydroxylation is 1. The van der Waals surface area contributed by atoms with Crippen LogP contribution in [0.5, 0.6) is 0 Å². The first-order valence-corrected chi connectivity index (χ1v) is 6.76. The van der Waals surface area contributed by atoms with Crippen molar-refractivity contribution in [1.82, 2.24) is 0 Å². The molecule has 0 spiro atoms. The molecule has 0 radical (unpaired) electrons. The maximum atomic E-state index is 5.85. The number of fused-ring (bicyclic) bond motifs is 1. The molecule has 0 aromatic heterocycles. The van der Waals surface area contributed by atoms with Crippen molar-refractivity contribution in [1.29, 1.82) is 0 Å². The summed E-state index contributed by atoms with van der Waals surface area (Å²) in [5.74, 6) is 1.26. The van der Waals surface area contributed by atoms with E-state index < -0.39 is 0 Å². The van der Waals surface area contributed by atoms with Gasteiger partial charge in [0.05, 0.1) is 0 Å². The third kappa shape index (κ3) is 3.01. The largest absolute Gasteiger partial charge is 0.385 e. The average Bonchev–Trinajstić information content (AvgIpc) is 2.35. The number of hydrogen-bond donors (Lipinski definition) is 2. The molecule has 1 aromatic rings. The van der Waals surface area contributed by atoms with Crippen LogP contribution in [0.15, 0.2) is 18.2 Å². The average molecular weight is 232 g/mol. The van der Waals surface area contributed by atoms with E-state index in [1.54, 1.807) is 0 Å². The Hall–Kier alpha value is -1.02. The van der Waals surface area contributed by atoms with Crippen LogP contribution in [0, 0.1) is 11.8 Å². The lowest BCUT2D eigenvalue weighted by Crippen LogP contribution is -2.22. The van der Waals surface area contributed by atoms with E-state index in [9.17, 15) is 0 Å². The lowest BCUT2D eigenvalue weighted by Gasteiger charge is -2.22. The summed E-state index contributed by atoms with van der Waals surface area (Å²) >= 11 is 0. The molecule has 1 aliphatic heterocycles. The van der Waals surface area contributed by atoms with Crippen molar-refractivity contribution in [3.05, 3.63) is 29.3 Å². The van der Waals surface area contributed by atoms with Crippen molar-refractivity contribution in [2.75, 3.05) is 18.4 Å². The maximum Gasteiger partial charge on any atom is 0.0372 e. The molecule has 0 saturated carbocycles. The highest BCUT2D eigenvalue weighted by Gasteiger charge is 2.14. The van der Waals surface area contributed by atoms with Gasteiger partial charge in [0.2, 0.25) is 0 Å². The van der Waals surface area contributed by atoms with Gasteiger partial charge in [-0.25, -0.2) is 0 Å². The molecule has 0 aliphatic carbocycles. The summed E-state index contributed by atoms with van der Waals surface area (Å²) in [6.07, 6.45) is 3.58. The molecule has 2 heteroatoms. The summed E-state index contributed by atoms with van der Waals surface area (Å²) in [7, 11) is 0. The monoisotopic (exact) mass is 232 g/mol. The molecule has 1 unspecified atom stereocenters. The van der Waals surface area contributed by atoms with Gasteiger partial charge in [0.1, 0.15) is 0 Å². The molecule has 2 nitrogen and oxygen atoms in total. The second-order valence-electron chi connectivity index (χ2n) is 5.47. The SMILES string of the molecule is CC(C)C(CN)Cc1ccc2c(c1)CCCN2. The zero-order valence-electron chi connectivity index (χ0n) is 11.0. The summed E-state index contributed by atoms with van der Waals surface area (Å²) < 4.78 is 0. The van der Waals surface area contributed by atoms with Crippen molar-refractivity contribution in [2.45, 2.75) is 33.1 Å². The third-order valence-corrected chi connectivity index (χ3v) is 3.85. The number of hydrogen-bond acceptors (Lipinski definition) is 2. The van der Waals surface area contributed by atoms with E-state index >= 15 is 0 Å². The van der Waals surface area contributed by atoms with Crippen molar-refractivity contribution < 1.29 is 0 Å². The van der Waals surface area contributed by atoms with Crippen LogP contribution in [0.25, 0.3) is 0 Å². The first-order chi connectivity index (χ1) is 8.20. The molecule has 17 heavy (non-hydrogen) atoms. The summed E-state index contributed by atoms with van der Waals surface area (Å²) in [5.41, 5.74) is 10.1. The molecular formula is C15H24N2. The molecule has 1 aliphatic rings. The first-order valence-electron chi connectivity index (χ1n) is 6.76.